The maximum absolute atomic E-state index is 5.97. The minimum absolute atomic E-state index is 0.181. The first-order valence-electron chi connectivity index (χ1n) is 6.07. The molecule has 0 spiro atoms. The molecule has 1 aliphatic carbocycles. The molecule has 2 atom stereocenters. The van der Waals surface area contributed by atoms with Crippen molar-refractivity contribution in [3.05, 3.63) is 0 Å². The van der Waals surface area contributed by atoms with E-state index in [1.54, 1.807) is 0 Å². The van der Waals surface area contributed by atoms with Crippen LogP contribution in [0.15, 0.2) is 0 Å². The Hall–Kier alpha value is -0.0800. The van der Waals surface area contributed by atoms with E-state index < -0.39 is 0 Å². The van der Waals surface area contributed by atoms with Crippen LogP contribution in [0.1, 0.15) is 52.4 Å². The summed E-state index contributed by atoms with van der Waals surface area (Å²) in [5.74, 6) is 0. The highest BCUT2D eigenvalue weighted by atomic mass is 16.5. The normalized spacial score (nSPS) is 38.1. The number of hydrogen-bond donors (Lipinski definition) is 1. The lowest BCUT2D eigenvalue weighted by molar-refractivity contribution is -0.0610. The van der Waals surface area contributed by atoms with Gasteiger partial charge in [0.25, 0.3) is 0 Å². The fourth-order valence-electron chi connectivity index (χ4n) is 2.67. The van der Waals surface area contributed by atoms with Crippen molar-refractivity contribution in [2.24, 2.45) is 0 Å². The second-order valence-electron chi connectivity index (χ2n) is 5.48. The van der Waals surface area contributed by atoms with Gasteiger partial charge in [-0.25, -0.2) is 0 Å². The molecule has 0 amide bonds. The molecule has 0 radical (unpaired) electrons. The average molecular weight is 197 g/mol. The molecule has 2 heteroatoms. The zero-order valence-corrected chi connectivity index (χ0v) is 9.51. The van der Waals surface area contributed by atoms with Gasteiger partial charge in [0.1, 0.15) is 0 Å². The van der Waals surface area contributed by atoms with Crippen molar-refractivity contribution in [3.63, 3.8) is 0 Å². The SMILES string of the molecule is CC1(C)COC2CCCCCCC2N1. The monoisotopic (exact) mass is 197 g/mol. The van der Waals surface area contributed by atoms with Gasteiger partial charge < -0.3 is 10.1 Å². The van der Waals surface area contributed by atoms with Gasteiger partial charge in [-0.2, -0.15) is 0 Å². The molecule has 0 aromatic carbocycles. The van der Waals surface area contributed by atoms with Gasteiger partial charge in [-0.15, -0.1) is 0 Å². The fourth-order valence-corrected chi connectivity index (χ4v) is 2.67. The second-order valence-corrected chi connectivity index (χ2v) is 5.48. The van der Waals surface area contributed by atoms with Crippen LogP contribution < -0.4 is 5.32 Å². The van der Waals surface area contributed by atoms with Crippen LogP contribution in [0.4, 0.5) is 0 Å². The zero-order valence-electron chi connectivity index (χ0n) is 9.51. The third-order valence-corrected chi connectivity index (χ3v) is 3.44. The zero-order chi connectivity index (χ0) is 10.0. The summed E-state index contributed by atoms with van der Waals surface area (Å²) in [4.78, 5) is 0. The third-order valence-electron chi connectivity index (χ3n) is 3.44. The number of fused-ring (bicyclic) bond motifs is 1. The molecule has 2 aliphatic rings. The summed E-state index contributed by atoms with van der Waals surface area (Å²) in [5, 5.41) is 3.74. The molecule has 0 bridgehead atoms. The molecule has 0 aromatic heterocycles. The van der Waals surface area contributed by atoms with E-state index in [0.29, 0.717) is 12.1 Å². The predicted molar refractivity (Wildman–Crippen MR) is 58.4 cm³/mol. The summed E-state index contributed by atoms with van der Waals surface area (Å²) in [7, 11) is 0. The minimum atomic E-state index is 0.181. The molecule has 2 fully saturated rings. The number of nitrogens with one attached hydrogen (secondary N) is 1. The van der Waals surface area contributed by atoms with Crippen molar-refractivity contribution in [1.29, 1.82) is 0 Å². The van der Waals surface area contributed by atoms with Gasteiger partial charge in [-0.05, 0) is 26.7 Å². The fraction of sp³-hybridized carbons (Fsp3) is 1.00. The summed E-state index contributed by atoms with van der Waals surface area (Å²) in [6.07, 6.45) is 8.57. The number of morpholine rings is 1. The standard InChI is InChI=1S/C12H23NO/c1-12(2)9-14-11-8-6-4-3-5-7-10(11)13-12/h10-11,13H,3-9H2,1-2H3. The van der Waals surface area contributed by atoms with E-state index in [1.165, 1.54) is 38.5 Å². The molecule has 0 aromatic rings. The first-order chi connectivity index (χ1) is 6.67. The van der Waals surface area contributed by atoms with Gasteiger partial charge in [-0.3, -0.25) is 0 Å². The molecule has 1 N–H and O–H groups in total. The quantitative estimate of drug-likeness (QED) is 0.644. The third kappa shape index (κ3) is 2.48. The molecular formula is C12H23NO. The van der Waals surface area contributed by atoms with Gasteiger partial charge in [0.15, 0.2) is 0 Å². The van der Waals surface area contributed by atoms with Crippen molar-refractivity contribution in [2.45, 2.75) is 70.1 Å². The molecule has 1 heterocycles. The minimum Gasteiger partial charge on any atom is -0.375 e. The number of rotatable bonds is 0. The van der Waals surface area contributed by atoms with Gasteiger partial charge in [0.05, 0.1) is 12.7 Å². The molecule has 14 heavy (non-hydrogen) atoms. The van der Waals surface area contributed by atoms with Crippen LogP contribution in [0.2, 0.25) is 0 Å². The Morgan fingerprint density at radius 2 is 1.79 bits per heavy atom. The van der Waals surface area contributed by atoms with Crippen LogP contribution in [0.3, 0.4) is 0 Å². The van der Waals surface area contributed by atoms with E-state index in [4.69, 9.17) is 4.74 Å². The Morgan fingerprint density at radius 3 is 2.57 bits per heavy atom. The van der Waals surface area contributed by atoms with Crippen LogP contribution in [-0.4, -0.2) is 24.3 Å². The van der Waals surface area contributed by atoms with E-state index >= 15 is 0 Å². The Labute approximate surface area is 87.4 Å². The van der Waals surface area contributed by atoms with E-state index in [1.807, 2.05) is 0 Å². The van der Waals surface area contributed by atoms with Crippen LogP contribution in [-0.2, 0) is 4.74 Å². The molecule has 2 unspecified atom stereocenters. The van der Waals surface area contributed by atoms with Crippen molar-refractivity contribution in [3.8, 4) is 0 Å². The first kappa shape index (κ1) is 10.4. The molecular weight excluding hydrogens is 174 g/mol. The maximum Gasteiger partial charge on any atom is 0.0729 e. The smallest absolute Gasteiger partial charge is 0.0729 e. The average Bonchev–Trinajstić information content (AvgIpc) is 2.07. The topological polar surface area (TPSA) is 21.3 Å². The Bertz CT molecular complexity index is 191. The number of hydrogen-bond acceptors (Lipinski definition) is 2. The van der Waals surface area contributed by atoms with Crippen LogP contribution >= 0.6 is 0 Å². The lowest BCUT2D eigenvalue weighted by Gasteiger charge is -2.43. The summed E-state index contributed by atoms with van der Waals surface area (Å²) in [5.41, 5.74) is 0.181. The highest BCUT2D eigenvalue weighted by Gasteiger charge is 2.34. The van der Waals surface area contributed by atoms with Gasteiger partial charge >= 0.3 is 0 Å². The molecule has 82 valence electrons. The van der Waals surface area contributed by atoms with Gasteiger partial charge in [-0.1, -0.05) is 25.7 Å². The molecule has 2 nitrogen and oxygen atoms in total. The highest BCUT2D eigenvalue weighted by molar-refractivity contribution is 4.92. The largest absolute Gasteiger partial charge is 0.375 e. The van der Waals surface area contributed by atoms with Gasteiger partial charge in [0, 0.05) is 11.6 Å². The number of ether oxygens (including phenoxy) is 1. The first-order valence-corrected chi connectivity index (χ1v) is 6.07. The predicted octanol–water partition coefficient (Wildman–Crippen LogP) is 2.48. The lowest BCUT2D eigenvalue weighted by Crippen LogP contribution is -2.59. The van der Waals surface area contributed by atoms with E-state index in [-0.39, 0.29) is 5.54 Å². The molecule has 1 saturated heterocycles. The summed E-state index contributed by atoms with van der Waals surface area (Å²) in [6, 6.07) is 0.610. The Morgan fingerprint density at radius 1 is 1.07 bits per heavy atom. The van der Waals surface area contributed by atoms with Crippen LogP contribution in [0.25, 0.3) is 0 Å². The van der Waals surface area contributed by atoms with Crippen molar-refractivity contribution in [1.82, 2.24) is 5.32 Å². The van der Waals surface area contributed by atoms with Gasteiger partial charge in [0.2, 0.25) is 0 Å². The van der Waals surface area contributed by atoms with Crippen LogP contribution in [0, 0.1) is 0 Å². The Balaban J connectivity index is 1.96. The van der Waals surface area contributed by atoms with Crippen molar-refractivity contribution >= 4 is 0 Å². The molecule has 2 rings (SSSR count). The highest BCUT2D eigenvalue weighted by Crippen LogP contribution is 2.26. The summed E-state index contributed by atoms with van der Waals surface area (Å²) < 4.78 is 5.97. The second kappa shape index (κ2) is 4.19. The van der Waals surface area contributed by atoms with E-state index in [2.05, 4.69) is 19.2 Å². The summed E-state index contributed by atoms with van der Waals surface area (Å²) in [6.45, 7) is 5.35. The van der Waals surface area contributed by atoms with Crippen LogP contribution in [0.5, 0.6) is 0 Å². The lowest BCUT2D eigenvalue weighted by atomic mass is 9.90. The van der Waals surface area contributed by atoms with Crippen molar-refractivity contribution in [2.75, 3.05) is 6.61 Å². The van der Waals surface area contributed by atoms with E-state index in [0.717, 1.165) is 6.61 Å². The Kier molecular flexibility index (Phi) is 3.13. The molecule has 1 aliphatic heterocycles. The maximum atomic E-state index is 5.97. The molecule has 1 saturated carbocycles. The summed E-state index contributed by atoms with van der Waals surface area (Å²) >= 11 is 0. The van der Waals surface area contributed by atoms with E-state index in [9.17, 15) is 0 Å². The van der Waals surface area contributed by atoms with Crippen molar-refractivity contribution < 1.29 is 4.74 Å².